The van der Waals surface area contributed by atoms with Crippen LogP contribution in [0.1, 0.15) is 39.0 Å². The van der Waals surface area contributed by atoms with Crippen LogP contribution in [0.15, 0.2) is 0 Å². The van der Waals surface area contributed by atoms with Crippen molar-refractivity contribution < 1.29 is 19.1 Å². The van der Waals surface area contributed by atoms with Gasteiger partial charge in [-0.25, -0.2) is 0 Å². The van der Waals surface area contributed by atoms with Gasteiger partial charge in [0, 0.05) is 12.8 Å². The highest BCUT2D eigenvalue weighted by atomic mass is 16.5. The molecule has 14 heavy (non-hydrogen) atoms. The van der Waals surface area contributed by atoms with Gasteiger partial charge in [-0.15, -0.1) is 0 Å². The van der Waals surface area contributed by atoms with Gasteiger partial charge in [0.05, 0.1) is 0 Å². The van der Waals surface area contributed by atoms with Gasteiger partial charge in [0.2, 0.25) is 0 Å². The number of carbonyl (C=O) groups is 3. The molecule has 1 rings (SSSR count). The van der Waals surface area contributed by atoms with E-state index >= 15 is 0 Å². The summed E-state index contributed by atoms with van der Waals surface area (Å²) in [5.74, 6) is -0.442. The lowest BCUT2D eigenvalue weighted by Crippen LogP contribution is -2.25. The van der Waals surface area contributed by atoms with Crippen LogP contribution in [0.2, 0.25) is 0 Å². The molecule has 0 unspecified atom stereocenters. The molecule has 0 aromatic rings. The molecule has 0 atom stereocenters. The van der Waals surface area contributed by atoms with E-state index in [1.54, 1.807) is 0 Å². The average molecular weight is 198 g/mol. The van der Waals surface area contributed by atoms with Crippen molar-refractivity contribution >= 4 is 17.5 Å². The predicted molar refractivity (Wildman–Crippen MR) is 48.7 cm³/mol. The normalized spacial score (nSPS) is 17.9. The van der Waals surface area contributed by atoms with Gasteiger partial charge in [0.1, 0.15) is 24.1 Å². The molecule has 0 aliphatic heterocycles. The number of ether oxygens (including phenoxy) is 1. The van der Waals surface area contributed by atoms with Gasteiger partial charge >= 0.3 is 5.97 Å². The first-order valence-electron chi connectivity index (χ1n) is 4.78. The standard InChI is InChI=1S/C10H14O4/c1-7(11)6-10(13)14-9-4-2-8(12)3-5-9/h9H,2-6H2,1H3. The number of esters is 1. The smallest absolute Gasteiger partial charge is 0.313 e. The third kappa shape index (κ3) is 3.68. The zero-order valence-electron chi connectivity index (χ0n) is 8.25. The Morgan fingerprint density at radius 1 is 1.36 bits per heavy atom. The fraction of sp³-hybridized carbons (Fsp3) is 0.700. The summed E-state index contributed by atoms with van der Waals surface area (Å²) in [7, 11) is 0. The van der Waals surface area contributed by atoms with E-state index in [2.05, 4.69) is 0 Å². The lowest BCUT2D eigenvalue weighted by Gasteiger charge is -2.20. The van der Waals surface area contributed by atoms with Crippen molar-refractivity contribution in [3.63, 3.8) is 0 Å². The van der Waals surface area contributed by atoms with E-state index in [9.17, 15) is 14.4 Å². The minimum Gasteiger partial charge on any atom is -0.462 e. The molecule has 0 aromatic carbocycles. The Bertz CT molecular complexity index is 247. The molecule has 0 aromatic heterocycles. The van der Waals surface area contributed by atoms with Crippen LogP contribution in [0.5, 0.6) is 0 Å². The zero-order chi connectivity index (χ0) is 10.6. The number of hydrogen-bond donors (Lipinski definition) is 0. The second kappa shape index (κ2) is 4.88. The van der Waals surface area contributed by atoms with Crippen molar-refractivity contribution in [3.8, 4) is 0 Å². The monoisotopic (exact) mass is 198 g/mol. The number of carbonyl (C=O) groups excluding carboxylic acids is 3. The van der Waals surface area contributed by atoms with Gasteiger partial charge < -0.3 is 4.74 Å². The van der Waals surface area contributed by atoms with E-state index in [-0.39, 0.29) is 24.1 Å². The van der Waals surface area contributed by atoms with Gasteiger partial charge in [-0.05, 0) is 19.8 Å². The van der Waals surface area contributed by atoms with Crippen molar-refractivity contribution in [2.75, 3.05) is 0 Å². The molecule has 0 saturated heterocycles. The van der Waals surface area contributed by atoms with E-state index in [1.165, 1.54) is 6.92 Å². The van der Waals surface area contributed by atoms with E-state index in [4.69, 9.17) is 4.74 Å². The summed E-state index contributed by atoms with van der Waals surface area (Å²) >= 11 is 0. The third-order valence-electron chi connectivity index (χ3n) is 2.18. The van der Waals surface area contributed by atoms with Crippen molar-refractivity contribution in [2.24, 2.45) is 0 Å². The fourth-order valence-electron chi connectivity index (χ4n) is 1.46. The maximum Gasteiger partial charge on any atom is 0.313 e. The largest absolute Gasteiger partial charge is 0.462 e. The first-order valence-corrected chi connectivity index (χ1v) is 4.78. The summed E-state index contributed by atoms with van der Waals surface area (Å²) in [5, 5.41) is 0. The van der Waals surface area contributed by atoms with Crippen molar-refractivity contribution in [2.45, 2.75) is 45.1 Å². The van der Waals surface area contributed by atoms with Crippen LogP contribution in [0.25, 0.3) is 0 Å². The average Bonchev–Trinajstić information content (AvgIpc) is 2.07. The van der Waals surface area contributed by atoms with Crippen LogP contribution in [-0.2, 0) is 19.1 Å². The Hall–Kier alpha value is -1.19. The minimum atomic E-state index is -0.475. The molecule has 1 aliphatic rings. The molecule has 4 nitrogen and oxygen atoms in total. The fourth-order valence-corrected chi connectivity index (χ4v) is 1.46. The molecule has 0 amide bonds. The maximum atomic E-state index is 11.1. The first kappa shape index (κ1) is 10.9. The molecule has 1 fully saturated rings. The quantitative estimate of drug-likeness (QED) is 0.501. The maximum absolute atomic E-state index is 11.1. The van der Waals surface area contributed by atoms with E-state index in [0.29, 0.717) is 25.7 Å². The van der Waals surface area contributed by atoms with Crippen molar-refractivity contribution in [1.82, 2.24) is 0 Å². The SMILES string of the molecule is CC(=O)CC(=O)OC1CCC(=O)CC1. The summed E-state index contributed by atoms with van der Waals surface area (Å²) < 4.78 is 5.04. The molecule has 0 bridgehead atoms. The van der Waals surface area contributed by atoms with Gasteiger partial charge in [0.25, 0.3) is 0 Å². The van der Waals surface area contributed by atoms with Crippen LogP contribution in [0.3, 0.4) is 0 Å². The zero-order valence-corrected chi connectivity index (χ0v) is 8.25. The Morgan fingerprint density at radius 3 is 2.43 bits per heavy atom. The molecule has 1 saturated carbocycles. The topological polar surface area (TPSA) is 60.4 Å². The highest BCUT2D eigenvalue weighted by molar-refractivity contribution is 5.94. The van der Waals surface area contributed by atoms with Crippen LogP contribution in [0.4, 0.5) is 0 Å². The lowest BCUT2D eigenvalue weighted by molar-refractivity contribution is -0.153. The number of hydrogen-bond acceptors (Lipinski definition) is 4. The van der Waals surface area contributed by atoms with Crippen molar-refractivity contribution in [3.05, 3.63) is 0 Å². The summed E-state index contributed by atoms with van der Waals surface area (Å²) in [4.78, 5) is 32.5. The highest BCUT2D eigenvalue weighted by Gasteiger charge is 2.22. The molecular weight excluding hydrogens is 184 g/mol. The molecule has 1 aliphatic carbocycles. The number of Topliss-reactive ketones (excluding diaryl/α,β-unsaturated/α-hetero) is 2. The molecule has 0 N–H and O–H groups in total. The molecule has 0 heterocycles. The summed E-state index contributed by atoms with van der Waals surface area (Å²) in [6.45, 7) is 1.35. The molecule has 78 valence electrons. The third-order valence-corrected chi connectivity index (χ3v) is 2.18. The Balaban J connectivity index is 2.27. The van der Waals surface area contributed by atoms with E-state index in [1.807, 2.05) is 0 Å². The summed E-state index contributed by atoms with van der Waals surface area (Å²) in [6.07, 6.45) is 1.84. The summed E-state index contributed by atoms with van der Waals surface area (Å²) in [5.41, 5.74) is 0. The van der Waals surface area contributed by atoms with Gasteiger partial charge in [-0.3, -0.25) is 14.4 Å². The van der Waals surface area contributed by atoms with Crippen LogP contribution < -0.4 is 0 Å². The second-order valence-electron chi connectivity index (χ2n) is 3.61. The van der Waals surface area contributed by atoms with E-state index in [0.717, 1.165) is 0 Å². The van der Waals surface area contributed by atoms with Crippen molar-refractivity contribution in [1.29, 1.82) is 0 Å². The molecular formula is C10H14O4. The van der Waals surface area contributed by atoms with Crippen LogP contribution in [-0.4, -0.2) is 23.6 Å². The second-order valence-corrected chi connectivity index (χ2v) is 3.61. The first-order chi connectivity index (χ1) is 6.58. The van der Waals surface area contributed by atoms with Gasteiger partial charge in [0.15, 0.2) is 0 Å². The molecule has 0 radical (unpaired) electrons. The number of rotatable bonds is 3. The van der Waals surface area contributed by atoms with Crippen LogP contribution >= 0.6 is 0 Å². The highest BCUT2D eigenvalue weighted by Crippen LogP contribution is 2.18. The van der Waals surface area contributed by atoms with E-state index < -0.39 is 5.97 Å². The van der Waals surface area contributed by atoms with Gasteiger partial charge in [-0.2, -0.15) is 0 Å². The van der Waals surface area contributed by atoms with Gasteiger partial charge in [-0.1, -0.05) is 0 Å². The molecule has 4 heteroatoms. The Labute approximate surface area is 82.6 Å². The number of ketones is 2. The Morgan fingerprint density at radius 2 is 1.93 bits per heavy atom. The Kier molecular flexibility index (Phi) is 3.80. The van der Waals surface area contributed by atoms with Crippen LogP contribution in [0, 0.1) is 0 Å². The molecule has 0 spiro atoms. The lowest BCUT2D eigenvalue weighted by atomic mass is 9.96. The minimum absolute atomic E-state index is 0.162. The summed E-state index contributed by atoms with van der Waals surface area (Å²) in [6, 6.07) is 0. The predicted octanol–water partition coefficient (Wildman–Crippen LogP) is 1.02.